The maximum absolute atomic E-state index is 12.3. The van der Waals surface area contributed by atoms with Crippen LogP contribution in [0, 0.1) is 6.92 Å². The van der Waals surface area contributed by atoms with Gasteiger partial charge >= 0.3 is 6.03 Å². The first-order valence-electron chi connectivity index (χ1n) is 6.78. The Bertz CT molecular complexity index is 551. The van der Waals surface area contributed by atoms with Crippen LogP contribution in [0.25, 0.3) is 0 Å². The maximum Gasteiger partial charge on any atom is 0.318 e. The molecule has 0 saturated carbocycles. The summed E-state index contributed by atoms with van der Waals surface area (Å²) in [4.78, 5) is 16.3. The molecule has 2 rings (SSSR count). The van der Waals surface area contributed by atoms with Crippen molar-refractivity contribution in [1.82, 2.24) is 10.2 Å². The number of thiophene rings is 1. The Labute approximate surface area is 128 Å². The first kappa shape index (κ1) is 15.6. The van der Waals surface area contributed by atoms with Crippen molar-refractivity contribution in [1.29, 1.82) is 0 Å². The number of hydrogen-bond acceptors (Lipinski definition) is 4. The van der Waals surface area contributed by atoms with Crippen LogP contribution >= 0.6 is 11.3 Å². The van der Waals surface area contributed by atoms with Gasteiger partial charge < -0.3 is 19.4 Å². The quantitative estimate of drug-likeness (QED) is 0.855. The Morgan fingerprint density at radius 3 is 2.90 bits per heavy atom. The maximum atomic E-state index is 12.3. The number of hydrogen-bond donors (Lipinski definition) is 1. The molecule has 0 unspecified atom stereocenters. The number of aryl methyl sites for hydroxylation is 1. The lowest BCUT2D eigenvalue weighted by Gasteiger charge is -2.21. The number of carbonyl (C=O) groups excluding carboxylic acids is 1. The number of nitrogens with one attached hydrogen (secondary N) is 1. The fraction of sp³-hybridized carbons (Fsp3) is 0.400. The summed E-state index contributed by atoms with van der Waals surface area (Å²) in [6, 6.07) is 7.64. The summed E-state index contributed by atoms with van der Waals surface area (Å²) >= 11 is 1.69. The number of nitrogens with zero attached hydrogens (tertiary/aromatic N) is 1. The van der Waals surface area contributed by atoms with Crippen LogP contribution in [0.3, 0.4) is 0 Å². The zero-order valence-electron chi connectivity index (χ0n) is 12.3. The van der Waals surface area contributed by atoms with Crippen molar-refractivity contribution in [2.45, 2.75) is 20.0 Å². The predicted molar refractivity (Wildman–Crippen MR) is 82.3 cm³/mol. The Kier molecular flexibility index (Phi) is 5.83. The summed E-state index contributed by atoms with van der Waals surface area (Å²) in [5.74, 6) is 0.758. The minimum atomic E-state index is -0.116. The largest absolute Gasteiger partial charge is 0.467 e. The van der Waals surface area contributed by atoms with E-state index in [9.17, 15) is 4.79 Å². The number of rotatable bonds is 7. The molecule has 1 N–H and O–H groups in total. The molecule has 0 saturated heterocycles. The fourth-order valence-electron chi connectivity index (χ4n) is 1.90. The molecule has 0 atom stereocenters. The van der Waals surface area contributed by atoms with Crippen molar-refractivity contribution in [3.05, 3.63) is 46.0 Å². The molecule has 0 aliphatic carbocycles. The number of amides is 2. The molecule has 0 aromatic carbocycles. The molecule has 0 aliphatic heterocycles. The Morgan fingerprint density at radius 1 is 1.43 bits per heavy atom. The number of methoxy groups -OCH3 is 1. The monoisotopic (exact) mass is 308 g/mol. The molecule has 114 valence electrons. The highest BCUT2D eigenvalue weighted by molar-refractivity contribution is 7.11. The van der Waals surface area contributed by atoms with Crippen molar-refractivity contribution in [2.24, 2.45) is 0 Å². The van der Waals surface area contributed by atoms with E-state index in [2.05, 4.69) is 18.3 Å². The standard InChI is InChI=1S/C15H20N2O3S/c1-12-5-6-14(21-12)10-16-15(18)17(7-9-19-2)11-13-4-3-8-20-13/h3-6,8H,7,9-11H2,1-2H3,(H,16,18). The predicted octanol–water partition coefficient (Wildman–Crippen LogP) is 3.01. The summed E-state index contributed by atoms with van der Waals surface area (Å²) in [7, 11) is 1.62. The van der Waals surface area contributed by atoms with Gasteiger partial charge in [-0.1, -0.05) is 0 Å². The second-order valence-electron chi connectivity index (χ2n) is 4.66. The second-order valence-corrected chi connectivity index (χ2v) is 6.04. The molecule has 2 aromatic rings. The Morgan fingerprint density at radius 2 is 2.29 bits per heavy atom. The minimum Gasteiger partial charge on any atom is -0.467 e. The van der Waals surface area contributed by atoms with E-state index in [1.54, 1.807) is 29.6 Å². The zero-order valence-corrected chi connectivity index (χ0v) is 13.1. The van der Waals surface area contributed by atoms with E-state index in [-0.39, 0.29) is 6.03 Å². The number of urea groups is 1. The smallest absolute Gasteiger partial charge is 0.318 e. The SMILES string of the molecule is COCCN(Cc1ccco1)C(=O)NCc1ccc(C)s1. The lowest BCUT2D eigenvalue weighted by Crippen LogP contribution is -2.40. The molecule has 2 amide bonds. The second kappa shape index (κ2) is 7.85. The molecule has 0 radical (unpaired) electrons. The van der Waals surface area contributed by atoms with Gasteiger partial charge in [0.1, 0.15) is 5.76 Å². The van der Waals surface area contributed by atoms with Crippen molar-refractivity contribution in [3.63, 3.8) is 0 Å². The summed E-state index contributed by atoms with van der Waals surface area (Å²) in [5, 5.41) is 2.93. The van der Waals surface area contributed by atoms with Gasteiger partial charge in [-0.2, -0.15) is 0 Å². The van der Waals surface area contributed by atoms with E-state index in [0.29, 0.717) is 26.2 Å². The third-order valence-electron chi connectivity index (χ3n) is 2.99. The van der Waals surface area contributed by atoms with Crippen LogP contribution in [0.2, 0.25) is 0 Å². The molecular formula is C15H20N2O3S. The average Bonchev–Trinajstić information content (AvgIpc) is 3.12. The van der Waals surface area contributed by atoms with Gasteiger partial charge in [-0.25, -0.2) is 4.79 Å². The van der Waals surface area contributed by atoms with Gasteiger partial charge in [0.15, 0.2) is 0 Å². The molecule has 0 aliphatic rings. The molecule has 0 spiro atoms. The zero-order chi connectivity index (χ0) is 15.1. The summed E-state index contributed by atoms with van der Waals surface area (Å²) in [6.07, 6.45) is 1.61. The molecule has 2 heterocycles. The van der Waals surface area contributed by atoms with E-state index in [1.807, 2.05) is 18.2 Å². The Hall–Kier alpha value is -1.79. The van der Waals surface area contributed by atoms with Gasteiger partial charge in [0, 0.05) is 23.4 Å². The van der Waals surface area contributed by atoms with E-state index in [4.69, 9.17) is 9.15 Å². The van der Waals surface area contributed by atoms with Crippen LogP contribution < -0.4 is 5.32 Å². The fourth-order valence-corrected chi connectivity index (χ4v) is 2.73. The molecule has 0 fully saturated rings. The summed E-state index contributed by atoms with van der Waals surface area (Å²) in [6.45, 7) is 4.04. The van der Waals surface area contributed by atoms with E-state index < -0.39 is 0 Å². The highest BCUT2D eigenvalue weighted by Crippen LogP contribution is 2.14. The van der Waals surface area contributed by atoms with E-state index in [1.165, 1.54) is 4.88 Å². The van der Waals surface area contributed by atoms with Gasteiger partial charge in [-0.15, -0.1) is 11.3 Å². The Balaban J connectivity index is 1.90. The third kappa shape index (κ3) is 4.91. The molecular weight excluding hydrogens is 288 g/mol. The van der Waals surface area contributed by atoms with E-state index in [0.717, 1.165) is 10.6 Å². The molecule has 0 bridgehead atoms. The average molecular weight is 308 g/mol. The first-order valence-corrected chi connectivity index (χ1v) is 7.60. The van der Waals surface area contributed by atoms with Crippen LogP contribution in [-0.4, -0.2) is 31.2 Å². The van der Waals surface area contributed by atoms with Crippen LogP contribution in [0.5, 0.6) is 0 Å². The summed E-state index contributed by atoms with van der Waals surface area (Å²) in [5.41, 5.74) is 0. The highest BCUT2D eigenvalue weighted by atomic mass is 32.1. The van der Waals surface area contributed by atoms with Crippen LogP contribution in [-0.2, 0) is 17.8 Å². The van der Waals surface area contributed by atoms with Gasteiger partial charge in [0.2, 0.25) is 0 Å². The summed E-state index contributed by atoms with van der Waals surface area (Å²) < 4.78 is 10.4. The minimum absolute atomic E-state index is 0.116. The van der Waals surface area contributed by atoms with Gasteiger partial charge in [-0.05, 0) is 31.2 Å². The van der Waals surface area contributed by atoms with Gasteiger partial charge in [0.25, 0.3) is 0 Å². The molecule has 5 nitrogen and oxygen atoms in total. The lowest BCUT2D eigenvalue weighted by atomic mass is 10.4. The third-order valence-corrected chi connectivity index (χ3v) is 3.99. The molecule has 2 aromatic heterocycles. The van der Waals surface area contributed by atoms with E-state index >= 15 is 0 Å². The van der Waals surface area contributed by atoms with Crippen molar-refractivity contribution >= 4 is 17.4 Å². The number of carbonyl (C=O) groups is 1. The highest BCUT2D eigenvalue weighted by Gasteiger charge is 2.15. The topological polar surface area (TPSA) is 54.7 Å². The molecule has 21 heavy (non-hydrogen) atoms. The normalized spacial score (nSPS) is 10.6. The number of furan rings is 1. The van der Waals surface area contributed by atoms with Gasteiger partial charge in [0.05, 0.1) is 26.0 Å². The van der Waals surface area contributed by atoms with Crippen molar-refractivity contribution in [2.75, 3.05) is 20.3 Å². The van der Waals surface area contributed by atoms with Crippen LogP contribution in [0.1, 0.15) is 15.5 Å². The first-order chi connectivity index (χ1) is 10.2. The van der Waals surface area contributed by atoms with Gasteiger partial charge in [-0.3, -0.25) is 0 Å². The van der Waals surface area contributed by atoms with Crippen molar-refractivity contribution < 1.29 is 13.9 Å². The van der Waals surface area contributed by atoms with Crippen LogP contribution in [0.4, 0.5) is 4.79 Å². The lowest BCUT2D eigenvalue weighted by molar-refractivity contribution is 0.142. The van der Waals surface area contributed by atoms with Crippen LogP contribution in [0.15, 0.2) is 34.9 Å². The molecule has 6 heteroatoms. The van der Waals surface area contributed by atoms with Crippen molar-refractivity contribution in [3.8, 4) is 0 Å². The number of ether oxygens (including phenoxy) is 1.